The molecule has 0 aliphatic carbocycles. The third-order valence-corrected chi connectivity index (χ3v) is 4.61. The Morgan fingerprint density at radius 1 is 1.42 bits per heavy atom. The van der Waals surface area contributed by atoms with Crippen molar-refractivity contribution in [2.75, 3.05) is 6.61 Å². The van der Waals surface area contributed by atoms with E-state index < -0.39 is 5.82 Å². The number of carbonyl (C=O) groups excluding carboxylic acids is 1. The molecule has 0 spiro atoms. The Kier molecular flexibility index (Phi) is 5.67. The Bertz CT molecular complexity index is 805. The Balaban J connectivity index is 1.71. The van der Waals surface area contributed by atoms with E-state index in [1.807, 2.05) is 26.0 Å². The lowest BCUT2D eigenvalue weighted by atomic mass is 10.1. The number of ether oxygens (including phenoxy) is 2. The van der Waals surface area contributed by atoms with Crippen LogP contribution in [0.15, 0.2) is 30.3 Å². The lowest BCUT2D eigenvalue weighted by molar-refractivity contribution is -0.120. The van der Waals surface area contributed by atoms with Gasteiger partial charge in [-0.2, -0.15) is 0 Å². The van der Waals surface area contributed by atoms with Crippen LogP contribution in [0.5, 0.6) is 11.5 Å². The number of rotatable bonds is 6. The molecule has 0 saturated heterocycles. The first kappa shape index (κ1) is 18.5. The molecule has 1 atom stereocenters. The van der Waals surface area contributed by atoms with E-state index in [1.165, 1.54) is 12.1 Å². The van der Waals surface area contributed by atoms with Crippen LogP contribution < -0.4 is 14.8 Å². The van der Waals surface area contributed by atoms with Crippen molar-refractivity contribution in [3.05, 3.63) is 57.9 Å². The number of nitrogens with one attached hydrogen (secondary N) is 1. The first-order chi connectivity index (χ1) is 12.5. The maximum Gasteiger partial charge on any atom is 0.224 e. The van der Waals surface area contributed by atoms with Crippen LogP contribution in [0, 0.1) is 5.82 Å². The molecule has 1 aliphatic heterocycles. The zero-order valence-electron chi connectivity index (χ0n) is 14.8. The molecule has 1 amide bonds. The standard InChI is InChI=1S/C20H21ClFNO3/c1-3-25-18-8-13-7-12(2)26-19(13)9-14(18)11-23-20(24)10-15-16(21)5-4-6-17(15)22/h4-6,8-9,12H,3,7,10-11H2,1-2H3,(H,23,24). The maximum absolute atomic E-state index is 13.8. The van der Waals surface area contributed by atoms with Crippen LogP contribution in [0.3, 0.4) is 0 Å². The quantitative estimate of drug-likeness (QED) is 0.825. The summed E-state index contributed by atoms with van der Waals surface area (Å²) in [5.41, 5.74) is 2.13. The van der Waals surface area contributed by atoms with Crippen molar-refractivity contribution in [2.45, 2.75) is 39.3 Å². The van der Waals surface area contributed by atoms with E-state index in [1.54, 1.807) is 6.07 Å². The zero-order chi connectivity index (χ0) is 18.7. The summed E-state index contributed by atoms with van der Waals surface area (Å²) in [5.74, 6) is 0.757. The molecule has 2 aromatic rings. The summed E-state index contributed by atoms with van der Waals surface area (Å²) in [6, 6.07) is 8.25. The van der Waals surface area contributed by atoms with Gasteiger partial charge < -0.3 is 14.8 Å². The van der Waals surface area contributed by atoms with Crippen molar-refractivity contribution >= 4 is 17.5 Å². The van der Waals surface area contributed by atoms with Gasteiger partial charge in [0.05, 0.1) is 13.0 Å². The van der Waals surface area contributed by atoms with Crippen LogP contribution in [-0.2, 0) is 24.2 Å². The van der Waals surface area contributed by atoms with Gasteiger partial charge in [-0.25, -0.2) is 4.39 Å². The smallest absolute Gasteiger partial charge is 0.224 e. The second-order valence-electron chi connectivity index (χ2n) is 6.29. The summed E-state index contributed by atoms with van der Waals surface area (Å²) in [4.78, 5) is 12.2. The zero-order valence-corrected chi connectivity index (χ0v) is 15.5. The van der Waals surface area contributed by atoms with Gasteiger partial charge in [0.25, 0.3) is 0 Å². The van der Waals surface area contributed by atoms with Gasteiger partial charge in [0.1, 0.15) is 23.4 Å². The number of hydrogen-bond donors (Lipinski definition) is 1. The molecule has 138 valence electrons. The Labute approximate surface area is 157 Å². The Morgan fingerprint density at radius 3 is 2.96 bits per heavy atom. The number of amides is 1. The third kappa shape index (κ3) is 4.10. The first-order valence-electron chi connectivity index (χ1n) is 8.62. The molecule has 0 radical (unpaired) electrons. The summed E-state index contributed by atoms with van der Waals surface area (Å²) in [6.45, 7) is 4.72. The summed E-state index contributed by atoms with van der Waals surface area (Å²) in [5, 5.41) is 3.05. The average Bonchev–Trinajstić information content (AvgIpc) is 2.95. The topological polar surface area (TPSA) is 47.6 Å². The van der Waals surface area contributed by atoms with E-state index in [2.05, 4.69) is 5.32 Å². The van der Waals surface area contributed by atoms with Crippen LogP contribution >= 0.6 is 11.6 Å². The summed E-state index contributed by atoms with van der Waals surface area (Å²) in [6.07, 6.45) is 0.856. The van der Waals surface area contributed by atoms with Gasteiger partial charge in [0.15, 0.2) is 0 Å². The van der Waals surface area contributed by atoms with E-state index in [4.69, 9.17) is 21.1 Å². The number of hydrogen-bond acceptors (Lipinski definition) is 3. The molecule has 4 nitrogen and oxygen atoms in total. The monoisotopic (exact) mass is 377 g/mol. The molecule has 2 aromatic carbocycles. The van der Waals surface area contributed by atoms with Gasteiger partial charge >= 0.3 is 0 Å². The molecular formula is C20H21ClFNO3. The second kappa shape index (κ2) is 7.96. The third-order valence-electron chi connectivity index (χ3n) is 4.25. The fraction of sp³-hybridized carbons (Fsp3) is 0.350. The lowest BCUT2D eigenvalue weighted by Crippen LogP contribution is -2.25. The van der Waals surface area contributed by atoms with Gasteiger partial charge in [-0.3, -0.25) is 4.79 Å². The van der Waals surface area contributed by atoms with Crippen LogP contribution in [0.2, 0.25) is 5.02 Å². The number of benzene rings is 2. The molecule has 0 bridgehead atoms. The minimum absolute atomic E-state index is 0.117. The van der Waals surface area contributed by atoms with Crippen molar-refractivity contribution in [3.63, 3.8) is 0 Å². The van der Waals surface area contributed by atoms with Gasteiger partial charge in [0, 0.05) is 34.7 Å². The lowest BCUT2D eigenvalue weighted by Gasteiger charge is -2.14. The van der Waals surface area contributed by atoms with E-state index in [9.17, 15) is 9.18 Å². The summed E-state index contributed by atoms with van der Waals surface area (Å²) < 4.78 is 25.3. The highest BCUT2D eigenvalue weighted by Gasteiger charge is 2.22. The van der Waals surface area contributed by atoms with E-state index >= 15 is 0 Å². The molecule has 1 unspecified atom stereocenters. The number of carbonyl (C=O) groups is 1. The first-order valence-corrected chi connectivity index (χ1v) is 9.00. The predicted octanol–water partition coefficient (Wildman–Crippen LogP) is 4.06. The molecule has 26 heavy (non-hydrogen) atoms. The second-order valence-corrected chi connectivity index (χ2v) is 6.69. The van der Waals surface area contributed by atoms with Crippen molar-refractivity contribution in [1.82, 2.24) is 5.32 Å². The van der Waals surface area contributed by atoms with Crippen LogP contribution in [0.1, 0.15) is 30.5 Å². The highest BCUT2D eigenvalue weighted by atomic mass is 35.5. The molecule has 6 heteroatoms. The van der Waals surface area contributed by atoms with Crippen molar-refractivity contribution in [3.8, 4) is 11.5 Å². The van der Waals surface area contributed by atoms with Gasteiger partial charge in [-0.05, 0) is 38.1 Å². The van der Waals surface area contributed by atoms with Gasteiger partial charge in [-0.15, -0.1) is 0 Å². The molecule has 1 N–H and O–H groups in total. The summed E-state index contributed by atoms with van der Waals surface area (Å²) in [7, 11) is 0. The SMILES string of the molecule is CCOc1cc2c(cc1CNC(=O)Cc1c(F)cccc1Cl)OC(C)C2. The van der Waals surface area contributed by atoms with E-state index in [0.717, 1.165) is 29.0 Å². The van der Waals surface area contributed by atoms with Gasteiger partial charge in [0.2, 0.25) is 5.91 Å². The number of fused-ring (bicyclic) bond motifs is 1. The minimum Gasteiger partial charge on any atom is -0.494 e. The van der Waals surface area contributed by atoms with Crippen molar-refractivity contribution in [2.24, 2.45) is 0 Å². The van der Waals surface area contributed by atoms with Crippen molar-refractivity contribution in [1.29, 1.82) is 0 Å². The van der Waals surface area contributed by atoms with Crippen LogP contribution in [0.4, 0.5) is 4.39 Å². The van der Waals surface area contributed by atoms with E-state index in [-0.39, 0.29) is 35.6 Å². The fourth-order valence-electron chi connectivity index (χ4n) is 3.03. The molecule has 0 fully saturated rings. The Morgan fingerprint density at radius 2 is 2.23 bits per heavy atom. The Hall–Kier alpha value is -2.27. The largest absolute Gasteiger partial charge is 0.494 e. The normalized spacial score (nSPS) is 15.3. The molecule has 1 aliphatic rings. The predicted molar refractivity (Wildman–Crippen MR) is 98.4 cm³/mol. The van der Waals surface area contributed by atoms with Crippen LogP contribution in [0.25, 0.3) is 0 Å². The van der Waals surface area contributed by atoms with Crippen molar-refractivity contribution < 1.29 is 18.7 Å². The van der Waals surface area contributed by atoms with E-state index in [0.29, 0.717) is 6.61 Å². The molecule has 0 aromatic heterocycles. The molecule has 3 rings (SSSR count). The highest BCUT2D eigenvalue weighted by Crippen LogP contribution is 2.35. The maximum atomic E-state index is 13.8. The van der Waals surface area contributed by atoms with Gasteiger partial charge in [-0.1, -0.05) is 17.7 Å². The van der Waals surface area contributed by atoms with Crippen LogP contribution in [-0.4, -0.2) is 18.6 Å². The molecule has 0 saturated carbocycles. The molecule has 1 heterocycles. The molecular weight excluding hydrogens is 357 g/mol. The number of halogens is 2. The minimum atomic E-state index is -0.484. The fourth-order valence-corrected chi connectivity index (χ4v) is 3.26. The highest BCUT2D eigenvalue weighted by molar-refractivity contribution is 6.31. The summed E-state index contributed by atoms with van der Waals surface area (Å²) >= 11 is 5.98. The average molecular weight is 378 g/mol.